The number of H-pyrrole nitrogens is 1. The Morgan fingerprint density at radius 2 is 2.33 bits per heavy atom. The minimum Gasteiger partial charge on any atom is -0.469 e. The van der Waals surface area contributed by atoms with Gasteiger partial charge in [-0.05, 0) is 17.7 Å². The lowest BCUT2D eigenvalue weighted by Gasteiger charge is -1.98. The molecule has 92 valence electrons. The summed E-state index contributed by atoms with van der Waals surface area (Å²) in [6, 6.07) is 5.38. The van der Waals surface area contributed by atoms with E-state index < -0.39 is 0 Å². The van der Waals surface area contributed by atoms with Crippen LogP contribution in [0.4, 0.5) is 0 Å². The molecule has 0 saturated carbocycles. The van der Waals surface area contributed by atoms with Crippen molar-refractivity contribution in [1.82, 2.24) is 10.2 Å². The molecule has 0 aliphatic rings. The summed E-state index contributed by atoms with van der Waals surface area (Å²) < 4.78 is 4.53. The SMILES string of the molecule is COC(=O)CC=Cc1ccc2c(=O)[nH]ncc2c1. The number of aromatic nitrogens is 2. The third kappa shape index (κ3) is 2.63. The molecule has 0 amide bonds. The molecule has 0 aliphatic carbocycles. The van der Waals surface area contributed by atoms with Crippen molar-refractivity contribution in [3.05, 3.63) is 46.4 Å². The predicted octanol–water partition coefficient (Wildman–Crippen LogP) is 1.50. The lowest BCUT2D eigenvalue weighted by atomic mass is 10.1. The predicted molar refractivity (Wildman–Crippen MR) is 68.0 cm³/mol. The molecule has 0 spiro atoms. The average molecular weight is 244 g/mol. The van der Waals surface area contributed by atoms with Crippen LogP contribution >= 0.6 is 0 Å². The molecule has 2 rings (SSSR count). The van der Waals surface area contributed by atoms with Crippen LogP contribution in [0.25, 0.3) is 16.8 Å². The van der Waals surface area contributed by atoms with Gasteiger partial charge < -0.3 is 4.74 Å². The van der Waals surface area contributed by atoms with Crippen LogP contribution in [0.5, 0.6) is 0 Å². The van der Waals surface area contributed by atoms with Gasteiger partial charge in [-0.2, -0.15) is 5.10 Å². The van der Waals surface area contributed by atoms with Crippen molar-refractivity contribution in [2.45, 2.75) is 6.42 Å². The molecular weight excluding hydrogens is 232 g/mol. The van der Waals surface area contributed by atoms with Crippen LogP contribution in [0.3, 0.4) is 0 Å². The standard InChI is InChI=1S/C13H12N2O3/c1-18-12(16)4-2-3-9-5-6-11-10(7-9)8-14-15-13(11)17/h2-3,5-8H,4H2,1H3,(H,15,17). The second-order valence-electron chi connectivity index (χ2n) is 3.73. The fourth-order valence-corrected chi connectivity index (χ4v) is 1.59. The Bertz CT molecular complexity index is 659. The molecule has 0 radical (unpaired) electrons. The number of methoxy groups -OCH3 is 1. The molecule has 2 aromatic rings. The van der Waals surface area contributed by atoms with E-state index in [-0.39, 0.29) is 17.9 Å². The van der Waals surface area contributed by atoms with Crippen molar-refractivity contribution in [3.63, 3.8) is 0 Å². The van der Waals surface area contributed by atoms with E-state index in [4.69, 9.17) is 0 Å². The molecule has 1 aromatic heterocycles. The van der Waals surface area contributed by atoms with Gasteiger partial charge >= 0.3 is 5.97 Å². The van der Waals surface area contributed by atoms with E-state index in [1.165, 1.54) is 7.11 Å². The Morgan fingerprint density at radius 1 is 1.50 bits per heavy atom. The molecule has 1 aromatic carbocycles. The first kappa shape index (κ1) is 12.0. The molecule has 0 unspecified atom stereocenters. The van der Waals surface area contributed by atoms with Crippen molar-refractivity contribution >= 4 is 22.8 Å². The summed E-state index contributed by atoms with van der Waals surface area (Å²) in [5.41, 5.74) is 0.691. The molecular formula is C13H12N2O3. The number of esters is 1. The molecule has 1 heterocycles. The van der Waals surface area contributed by atoms with Gasteiger partial charge in [0.05, 0.1) is 25.1 Å². The Labute approximate surface area is 103 Å². The number of benzene rings is 1. The molecule has 5 nitrogen and oxygen atoms in total. The maximum atomic E-state index is 11.4. The highest BCUT2D eigenvalue weighted by molar-refractivity contribution is 5.83. The lowest BCUT2D eigenvalue weighted by molar-refractivity contribution is -0.139. The summed E-state index contributed by atoms with van der Waals surface area (Å²) in [4.78, 5) is 22.4. The summed E-state index contributed by atoms with van der Waals surface area (Å²) in [5.74, 6) is -0.287. The highest BCUT2D eigenvalue weighted by Crippen LogP contribution is 2.12. The van der Waals surface area contributed by atoms with Crippen LogP contribution in [0.2, 0.25) is 0 Å². The first-order valence-electron chi connectivity index (χ1n) is 5.41. The van der Waals surface area contributed by atoms with Gasteiger partial charge in [-0.1, -0.05) is 18.2 Å². The van der Waals surface area contributed by atoms with E-state index in [0.29, 0.717) is 5.39 Å². The third-order valence-corrected chi connectivity index (χ3v) is 2.51. The van der Waals surface area contributed by atoms with Crippen LogP contribution in [0, 0.1) is 0 Å². The zero-order chi connectivity index (χ0) is 13.0. The topological polar surface area (TPSA) is 72.1 Å². The van der Waals surface area contributed by atoms with Crippen LogP contribution in [0.15, 0.2) is 35.3 Å². The van der Waals surface area contributed by atoms with Crippen molar-refractivity contribution in [2.75, 3.05) is 7.11 Å². The van der Waals surface area contributed by atoms with Crippen LogP contribution in [0.1, 0.15) is 12.0 Å². The van der Waals surface area contributed by atoms with E-state index in [2.05, 4.69) is 14.9 Å². The molecule has 0 aliphatic heterocycles. The summed E-state index contributed by atoms with van der Waals surface area (Å²) in [5, 5.41) is 7.47. The van der Waals surface area contributed by atoms with Gasteiger partial charge in [-0.15, -0.1) is 0 Å². The van der Waals surface area contributed by atoms with E-state index >= 15 is 0 Å². The largest absolute Gasteiger partial charge is 0.469 e. The average Bonchev–Trinajstić information content (AvgIpc) is 2.38. The van der Waals surface area contributed by atoms with Crippen molar-refractivity contribution in [3.8, 4) is 0 Å². The third-order valence-electron chi connectivity index (χ3n) is 2.51. The number of ether oxygens (including phenoxy) is 1. The van der Waals surface area contributed by atoms with Gasteiger partial charge in [0.1, 0.15) is 0 Å². The van der Waals surface area contributed by atoms with E-state index in [0.717, 1.165) is 10.9 Å². The Hall–Kier alpha value is -2.43. The van der Waals surface area contributed by atoms with E-state index in [1.807, 2.05) is 12.1 Å². The summed E-state index contributed by atoms with van der Waals surface area (Å²) in [6.07, 6.45) is 5.34. The highest BCUT2D eigenvalue weighted by atomic mass is 16.5. The zero-order valence-electron chi connectivity index (χ0n) is 9.84. The van der Waals surface area contributed by atoms with Crippen LogP contribution in [-0.2, 0) is 9.53 Å². The number of hydrogen-bond acceptors (Lipinski definition) is 4. The Balaban J connectivity index is 2.26. The van der Waals surface area contributed by atoms with Crippen molar-refractivity contribution in [2.24, 2.45) is 0 Å². The summed E-state index contributed by atoms with van der Waals surface area (Å²) in [7, 11) is 1.35. The molecule has 1 N–H and O–H groups in total. The first-order valence-corrected chi connectivity index (χ1v) is 5.41. The number of rotatable bonds is 3. The molecule has 5 heteroatoms. The number of carbonyl (C=O) groups excluding carboxylic acids is 1. The van der Waals surface area contributed by atoms with Crippen LogP contribution < -0.4 is 5.56 Å². The molecule has 18 heavy (non-hydrogen) atoms. The van der Waals surface area contributed by atoms with Crippen molar-refractivity contribution in [1.29, 1.82) is 0 Å². The number of hydrogen-bond donors (Lipinski definition) is 1. The van der Waals surface area contributed by atoms with E-state index in [9.17, 15) is 9.59 Å². The van der Waals surface area contributed by atoms with E-state index in [1.54, 1.807) is 24.4 Å². The smallest absolute Gasteiger partial charge is 0.309 e. The normalized spacial score (nSPS) is 10.9. The maximum absolute atomic E-state index is 11.4. The maximum Gasteiger partial charge on any atom is 0.309 e. The van der Waals surface area contributed by atoms with Gasteiger partial charge in [0.2, 0.25) is 0 Å². The van der Waals surface area contributed by atoms with Gasteiger partial charge in [0, 0.05) is 5.39 Å². The lowest BCUT2D eigenvalue weighted by Crippen LogP contribution is -2.06. The van der Waals surface area contributed by atoms with Crippen molar-refractivity contribution < 1.29 is 9.53 Å². The number of nitrogens with one attached hydrogen (secondary N) is 1. The monoisotopic (exact) mass is 244 g/mol. The number of fused-ring (bicyclic) bond motifs is 1. The fourth-order valence-electron chi connectivity index (χ4n) is 1.59. The van der Waals surface area contributed by atoms with Gasteiger partial charge in [-0.3, -0.25) is 9.59 Å². The number of carbonyl (C=O) groups is 1. The number of nitrogens with zero attached hydrogens (tertiary/aromatic N) is 1. The van der Waals surface area contributed by atoms with Crippen LogP contribution in [-0.4, -0.2) is 23.3 Å². The summed E-state index contributed by atoms with van der Waals surface area (Å²) in [6.45, 7) is 0. The molecule has 0 saturated heterocycles. The second-order valence-corrected chi connectivity index (χ2v) is 3.73. The second kappa shape index (κ2) is 5.27. The molecule has 0 bridgehead atoms. The minimum atomic E-state index is -0.287. The van der Waals surface area contributed by atoms with Gasteiger partial charge in [-0.25, -0.2) is 5.10 Å². The van der Waals surface area contributed by atoms with Gasteiger partial charge in [0.15, 0.2) is 0 Å². The Morgan fingerprint density at radius 3 is 3.11 bits per heavy atom. The first-order chi connectivity index (χ1) is 8.70. The molecule has 0 fully saturated rings. The highest BCUT2D eigenvalue weighted by Gasteiger charge is 1.99. The minimum absolute atomic E-state index is 0.211. The summed E-state index contributed by atoms with van der Waals surface area (Å²) >= 11 is 0. The fraction of sp³-hybridized carbons (Fsp3) is 0.154. The zero-order valence-corrected chi connectivity index (χ0v) is 9.84. The van der Waals surface area contributed by atoms with Gasteiger partial charge in [0.25, 0.3) is 5.56 Å². The molecule has 0 atom stereocenters. The Kier molecular flexibility index (Phi) is 3.52. The quantitative estimate of drug-likeness (QED) is 0.830. The number of aromatic amines is 1.